The standard InChI is InChI=1S/C25H32N2O3/c1-19-13-20(2)15-21(14-19)7-12-30-18-25(16-22-5-3-4-6-23(22)17-25)27-10-8-26(9-11-27)24(28)29/h3-6,13-15H,7-12,16-18H2,1-2H3,(H,28,29). The molecule has 0 aromatic heterocycles. The lowest BCUT2D eigenvalue weighted by Crippen LogP contribution is -2.60. The second-order valence-corrected chi connectivity index (χ2v) is 8.90. The first-order valence-electron chi connectivity index (χ1n) is 10.9. The number of piperazine rings is 1. The van der Waals surface area contributed by atoms with Crippen molar-refractivity contribution in [1.82, 2.24) is 9.80 Å². The van der Waals surface area contributed by atoms with Crippen molar-refractivity contribution in [3.05, 3.63) is 70.3 Å². The number of rotatable bonds is 6. The Labute approximate surface area is 179 Å². The first-order chi connectivity index (χ1) is 14.4. The molecule has 1 heterocycles. The van der Waals surface area contributed by atoms with E-state index in [-0.39, 0.29) is 5.54 Å². The van der Waals surface area contributed by atoms with Crippen molar-refractivity contribution in [3.63, 3.8) is 0 Å². The van der Waals surface area contributed by atoms with Crippen LogP contribution in [0.4, 0.5) is 4.79 Å². The minimum atomic E-state index is -0.817. The third kappa shape index (κ3) is 4.52. The summed E-state index contributed by atoms with van der Waals surface area (Å²) in [7, 11) is 0. The second kappa shape index (κ2) is 8.78. The zero-order valence-electron chi connectivity index (χ0n) is 18.1. The number of carbonyl (C=O) groups is 1. The lowest BCUT2D eigenvalue weighted by Gasteiger charge is -2.45. The van der Waals surface area contributed by atoms with Crippen molar-refractivity contribution in [2.45, 2.75) is 38.6 Å². The van der Waals surface area contributed by atoms with Gasteiger partial charge in [-0.2, -0.15) is 0 Å². The number of benzene rings is 2. The molecule has 0 unspecified atom stereocenters. The molecule has 30 heavy (non-hydrogen) atoms. The number of ether oxygens (including phenoxy) is 1. The maximum absolute atomic E-state index is 11.3. The third-order valence-corrected chi connectivity index (χ3v) is 6.57. The van der Waals surface area contributed by atoms with Crippen LogP contribution in [-0.4, -0.2) is 65.9 Å². The van der Waals surface area contributed by atoms with Gasteiger partial charge < -0.3 is 14.7 Å². The van der Waals surface area contributed by atoms with Crippen LogP contribution in [0.25, 0.3) is 0 Å². The SMILES string of the molecule is Cc1cc(C)cc(CCOCC2(N3CCN(C(=O)O)CC3)Cc3ccccc3C2)c1. The Hall–Kier alpha value is -2.37. The summed E-state index contributed by atoms with van der Waals surface area (Å²) in [5.41, 5.74) is 6.64. The van der Waals surface area contributed by atoms with Gasteiger partial charge in [-0.25, -0.2) is 4.79 Å². The van der Waals surface area contributed by atoms with Gasteiger partial charge in [0.25, 0.3) is 0 Å². The van der Waals surface area contributed by atoms with Gasteiger partial charge in [0.15, 0.2) is 0 Å². The van der Waals surface area contributed by atoms with Gasteiger partial charge in [-0.1, -0.05) is 53.6 Å². The van der Waals surface area contributed by atoms with Crippen LogP contribution in [0.15, 0.2) is 42.5 Å². The van der Waals surface area contributed by atoms with Gasteiger partial charge in [0, 0.05) is 26.2 Å². The molecule has 1 N–H and O–H groups in total. The fourth-order valence-corrected chi connectivity index (χ4v) is 5.13. The van der Waals surface area contributed by atoms with Gasteiger partial charge in [-0.05, 0) is 49.8 Å². The minimum Gasteiger partial charge on any atom is -0.465 e. The summed E-state index contributed by atoms with van der Waals surface area (Å²) in [6.45, 7) is 8.32. The lowest BCUT2D eigenvalue weighted by molar-refractivity contribution is -0.0236. The normalized spacial score (nSPS) is 18.4. The molecule has 1 amide bonds. The van der Waals surface area contributed by atoms with E-state index in [2.05, 4.69) is 61.2 Å². The van der Waals surface area contributed by atoms with E-state index in [1.165, 1.54) is 32.7 Å². The highest BCUT2D eigenvalue weighted by Gasteiger charge is 2.43. The van der Waals surface area contributed by atoms with E-state index >= 15 is 0 Å². The van der Waals surface area contributed by atoms with Crippen LogP contribution in [0.2, 0.25) is 0 Å². The summed E-state index contributed by atoms with van der Waals surface area (Å²) in [6, 6.07) is 15.3. The van der Waals surface area contributed by atoms with Gasteiger partial charge in [0.2, 0.25) is 0 Å². The van der Waals surface area contributed by atoms with E-state index < -0.39 is 6.09 Å². The van der Waals surface area contributed by atoms with Crippen LogP contribution in [0, 0.1) is 13.8 Å². The van der Waals surface area contributed by atoms with E-state index in [0.717, 1.165) is 32.4 Å². The molecule has 160 valence electrons. The molecule has 2 aliphatic rings. The van der Waals surface area contributed by atoms with E-state index in [4.69, 9.17) is 4.74 Å². The van der Waals surface area contributed by atoms with Gasteiger partial charge in [-0.3, -0.25) is 4.90 Å². The van der Waals surface area contributed by atoms with E-state index in [1.54, 1.807) is 0 Å². The van der Waals surface area contributed by atoms with Gasteiger partial charge in [0.05, 0.1) is 18.8 Å². The van der Waals surface area contributed by atoms with Crippen LogP contribution in [0.5, 0.6) is 0 Å². The summed E-state index contributed by atoms with van der Waals surface area (Å²) in [5.74, 6) is 0. The van der Waals surface area contributed by atoms with Crippen molar-refractivity contribution in [3.8, 4) is 0 Å². The monoisotopic (exact) mass is 408 g/mol. The van der Waals surface area contributed by atoms with Crippen LogP contribution >= 0.6 is 0 Å². The van der Waals surface area contributed by atoms with E-state index in [1.807, 2.05) is 0 Å². The zero-order valence-corrected chi connectivity index (χ0v) is 18.1. The number of hydrogen-bond acceptors (Lipinski definition) is 3. The molecule has 5 nitrogen and oxygen atoms in total. The van der Waals surface area contributed by atoms with Gasteiger partial charge >= 0.3 is 6.09 Å². The maximum atomic E-state index is 11.3. The molecule has 2 aromatic carbocycles. The fraction of sp³-hybridized carbons (Fsp3) is 0.480. The molecule has 5 heteroatoms. The van der Waals surface area contributed by atoms with Crippen molar-refractivity contribution in [1.29, 1.82) is 0 Å². The number of hydrogen-bond donors (Lipinski definition) is 1. The Kier molecular flexibility index (Phi) is 6.11. The van der Waals surface area contributed by atoms with Crippen molar-refractivity contribution in [2.75, 3.05) is 39.4 Å². The molecular formula is C25H32N2O3. The molecule has 0 radical (unpaired) electrons. The van der Waals surface area contributed by atoms with Crippen LogP contribution < -0.4 is 0 Å². The Balaban J connectivity index is 1.42. The first-order valence-corrected chi connectivity index (χ1v) is 10.9. The quantitative estimate of drug-likeness (QED) is 0.741. The average Bonchev–Trinajstić information content (AvgIpc) is 3.10. The second-order valence-electron chi connectivity index (χ2n) is 8.90. The van der Waals surface area contributed by atoms with E-state index in [9.17, 15) is 9.90 Å². The highest BCUT2D eigenvalue weighted by molar-refractivity contribution is 5.65. The summed E-state index contributed by atoms with van der Waals surface area (Å²) < 4.78 is 6.29. The number of aryl methyl sites for hydroxylation is 2. The summed E-state index contributed by atoms with van der Waals surface area (Å²) in [4.78, 5) is 15.3. The summed E-state index contributed by atoms with van der Waals surface area (Å²) in [6.07, 6.45) is 2.04. The molecule has 1 fully saturated rings. The van der Waals surface area contributed by atoms with Crippen molar-refractivity contribution < 1.29 is 14.6 Å². The topological polar surface area (TPSA) is 53.0 Å². The number of nitrogens with zero attached hydrogens (tertiary/aromatic N) is 2. The van der Waals surface area contributed by atoms with Crippen LogP contribution in [-0.2, 0) is 24.0 Å². The Morgan fingerprint density at radius 1 is 1.00 bits per heavy atom. The molecule has 0 bridgehead atoms. The third-order valence-electron chi connectivity index (χ3n) is 6.57. The fourth-order valence-electron chi connectivity index (χ4n) is 5.13. The average molecular weight is 409 g/mol. The van der Waals surface area contributed by atoms with Crippen molar-refractivity contribution >= 4 is 6.09 Å². The molecule has 0 spiro atoms. The zero-order chi connectivity index (χ0) is 21.1. The molecule has 1 aliphatic carbocycles. The maximum Gasteiger partial charge on any atom is 0.407 e. The molecule has 1 saturated heterocycles. The van der Waals surface area contributed by atoms with E-state index in [0.29, 0.717) is 26.3 Å². The molecule has 4 rings (SSSR count). The van der Waals surface area contributed by atoms with Crippen LogP contribution in [0.3, 0.4) is 0 Å². The highest BCUT2D eigenvalue weighted by atomic mass is 16.5. The molecule has 0 atom stereocenters. The van der Waals surface area contributed by atoms with Gasteiger partial charge in [0.1, 0.15) is 0 Å². The van der Waals surface area contributed by atoms with Crippen molar-refractivity contribution in [2.24, 2.45) is 0 Å². The number of carboxylic acid groups (broad SMARTS) is 1. The predicted molar refractivity (Wildman–Crippen MR) is 118 cm³/mol. The predicted octanol–water partition coefficient (Wildman–Crippen LogP) is 3.70. The van der Waals surface area contributed by atoms with Gasteiger partial charge in [-0.15, -0.1) is 0 Å². The first kappa shape index (κ1) is 20.9. The van der Waals surface area contributed by atoms with Crippen LogP contribution in [0.1, 0.15) is 27.8 Å². The summed E-state index contributed by atoms with van der Waals surface area (Å²) >= 11 is 0. The highest BCUT2D eigenvalue weighted by Crippen LogP contribution is 2.35. The molecule has 2 aromatic rings. The smallest absolute Gasteiger partial charge is 0.407 e. The largest absolute Gasteiger partial charge is 0.465 e. The molecule has 0 saturated carbocycles. The number of fused-ring (bicyclic) bond motifs is 1. The minimum absolute atomic E-state index is 0.0726. The Bertz CT molecular complexity index is 858. The number of amides is 1. The Morgan fingerprint density at radius 3 is 2.17 bits per heavy atom. The summed E-state index contributed by atoms with van der Waals surface area (Å²) in [5, 5.41) is 9.30. The Morgan fingerprint density at radius 2 is 1.60 bits per heavy atom. The molecule has 1 aliphatic heterocycles. The lowest BCUT2D eigenvalue weighted by atomic mass is 9.93. The molecular weight excluding hydrogens is 376 g/mol.